The minimum absolute atomic E-state index is 0.00688. The van der Waals surface area contributed by atoms with Gasteiger partial charge in [0.25, 0.3) is 21.9 Å². The van der Waals surface area contributed by atoms with Gasteiger partial charge < -0.3 is 45.9 Å². The molecule has 5 amide bonds. The van der Waals surface area contributed by atoms with Crippen LogP contribution in [-0.2, 0) is 72.7 Å². The average Bonchev–Trinajstić information content (AvgIpc) is 3.81. The molecule has 0 aliphatic carbocycles. The van der Waals surface area contributed by atoms with E-state index in [1.54, 1.807) is 19.9 Å². The Morgan fingerprint density at radius 1 is 0.969 bits per heavy atom. The number of rotatable bonds is 21. The molecule has 25 heteroatoms. The molecule has 1 saturated heterocycles. The van der Waals surface area contributed by atoms with Crippen LogP contribution in [0.15, 0.2) is 36.5 Å². The number of aromatic nitrogens is 3. The van der Waals surface area contributed by atoms with Crippen molar-refractivity contribution in [2.24, 2.45) is 5.92 Å². The molecule has 0 bridgehead atoms. The summed E-state index contributed by atoms with van der Waals surface area (Å²) >= 11 is 4.22. The minimum atomic E-state index is -4.25. The third-order valence-electron chi connectivity index (χ3n) is 10.2. The Hall–Kier alpha value is -5.31. The first-order valence-corrected chi connectivity index (χ1v) is 22.1. The largest absolute Gasteiger partial charge is 0.479 e. The van der Waals surface area contributed by atoms with Crippen LogP contribution in [0.5, 0.6) is 0 Å². The molecule has 0 spiro atoms. The van der Waals surface area contributed by atoms with Gasteiger partial charge in [0.1, 0.15) is 47.4 Å². The molecule has 2 aromatic rings. The first kappa shape index (κ1) is 51.3. The molecule has 0 unspecified atom stereocenters. The van der Waals surface area contributed by atoms with Crippen molar-refractivity contribution in [2.75, 3.05) is 11.1 Å². The molecule has 8 atom stereocenters. The van der Waals surface area contributed by atoms with E-state index in [-0.39, 0.29) is 43.8 Å². The van der Waals surface area contributed by atoms with Crippen LogP contribution in [0.3, 0.4) is 0 Å². The molecule has 0 saturated carbocycles. The van der Waals surface area contributed by atoms with Gasteiger partial charge >= 0.3 is 11.9 Å². The predicted octanol–water partition coefficient (Wildman–Crippen LogP) is -1.18. The average molecular weight is 940 g/mol. The summed E-state index contributed by atoms with van der Waals surface area (Å²) in [6.45, 7) is 7.45. The van der Waals surface area contributed by atoms with Crippen LogP contribution < -0.4 is 16.0 Å². The van der Waals surface area contributed by atoms with Crippen LogP contribution in [0.2, 0.25) is 0 Å². The van der Waals surface area contributed by atoms with Crippen LogP contribution in [0.25, 0.3) is 0 Å². The summed E-state index contributed by atoms with van der Waals surface area (Å²) in [5.41, 5.74) is 1.13. The molecular weight excluding hydrogens is 887 g/mol. The van der Waals surface area contributed by atoms with Gasteiger partial charge in [0, 0.05) is 24.4 Å². The highest BCUT2D eigenvalue weighted by Crippen LogP contribution is 2.29. The lowest BCUT2D eigenvalue weighted by Crippen LogP contribution is -2.59. The Balaban J connectivity index is 1.45. The number of benzene rings is 1. The van der Waals surface area contributed by atoms with E-state index in [4.69, 9.17) is 14.0 Å². The monoisotopic (exact) mass is 939 g/mol. The van der Waals surface area contributed by atoms with E-state index in [1.807, 2.05) is 0 Å². The number of aliphatic hydroxyl groups excluding tert-OH is 3. The second-order valence-electron chi connectivity index (χ2n) is 16.2. The lowest BCUT2D eigenvalue weighted by atomic mass is 9.91. The minimum Gasteiger partial charge on any atom is -0.479 e. The van der Waals surface area contributed by atoms with Crippen molar-refractivity contribution in [3.8, 4) is 0 Å². The predicted molar refractivity (Wildman–Crippen MR) is 224 cm³/mol. The van der Waals surface area contributed by atoms with E-state index in [9.17, 15) is 62.4 Å². The van der Waals surface area contributed by atoms with Gasteiger partial charge in [0.2, 0.25) is 17.7 Å². The second kappa shape index (κ2) is 21.6. The fraction of sp³-hybridized carbons (Fsp3) is 0.564. The number of esters is 1. The van der Waals surface area contributed by atoms with E-state index >= 15 is 0 Å². The third kappa shape index (κ3) is 13.8. The number of anilines is 1. The van der Waals surface area contributed by atoms with Crippen molar-refractivity contribution < 1.29 is 76.4 Å². The molecule has 0 radical (unpaired) electrons. The number of carbonyl (C=O) groups is 7. The molecule has 1 fully saturated rings. The van der Waals surface area contributed by atoms with Crippen LogP contribution in [-0.4, -0.2) is 148 Å². The molecule has 2 aliphatic rings. The van der Waals surface area contributed by atoms with E-state index < -0.39 is 123 Å². The SMILES string of the molecule is CC(C)[C@H](NC(=O)C[C@@H](c1cn(CCCS(=O)(=O)O)nn1)N1C(=O)C=CC1=O)C(=O)N[C@@H](C)C(=O)Nc1ccc(COC(=O)C(C)(C)S)c(CC[C@@H]2O[C@H](C(=O)O)[C@@H](O)[C@H](O)[C@H]2O)c1. The molecule has 1 aromatic heterocycles. The quantitative estimate of drug-likeness (QED) is 0.0308. The highest BCUT2D eigenvalue weighted by molar-refractivity contribution is 7.85. The van der Waals surface area contributed by atoms with Gasteiger partial charge in [-0.25, -0.2) is 4.79 Å². The number of aliphatic hydroxyl groups is 3. The smallest absolute Gasteiger partial charge is 0.335 e. The maximum absolute atomic E-state index is 13.6. The number of imide groups is 1. The fourth-order valence-electron chi connectivity index (χ4n) is 6.68. The van der Waals surface area contributed by atoms with Crippen molar-refractivity contribution in [1.29, 1.82) is 0 Å². The Bertz CT molecular complexity index is 2210. The zero-order chi connectivity index (χ0) is 47.8. The summed E-state index contributed by atoms with van der Waals surface area (Å²) in [6.07, 6.45) is -5.74. The molecule has 352 valence electrons. The summed E-state index contributed by atoms with van der Waals surface area (Å²) < 4.78 is 42.2. The van der Waals surface area contributed by atoms with Gasteiger partial charge in [-0.1, -0.05) is 25.1 Å². The number of nitrogens with one attached hydrogen (secondary N) is 3. The van der Waals surface area contributed by atoms with Gasteiger partial charge in [-0.05, 0) is 69.2 Å². The van der Waals surface area contributed by atoms with E-state index in [0.717, 1.165) is 17.1 Å². The topological polar surface area (TPSA) is 343 Å². The molecule has 8 N–H and O–H groups in total. The summed E-state index contributed by atoms with van der Waals surface area (Å²) in [6, 6.07) is 0.850. The maximum Gasteiger partial charge on any atom is 0.335 e. The van der Waals surface area contributed by atoms with Gasteiger partial charge in [-0.2, -0.15) is 21.0 Å². The number of aliphatic carboxylic acids is 1. The Morgan fingerprint density at radius 2 is 1.62 bits per heavy atom. The maximum atomic E-state index is 13.6. The van der Waals surface area contributed by atoms with Gasteiger partial charge in [-0.3, -0.25) is 42.9 Å². The number of nitrogens with zero attached hydrogens (tertiary/aromatic N) is 4. The normalized spacial score (nSPS) is 21.6. The standard InChI is InChI=1S/C39H53N7O16S2/c1-19(2)30(42-27(47)16-25(46-28(48)11-12-29(46)49)24-17-45(44-43-24)13-6-14-64(58,59)60)36(54)40-20(3)35(53)41-23-9-7-22(18-61-38(57)39(4,5)63)21(15-23)8-10-26-31(50)32(51)33(52)34(62-26)37(55)56/h7,9,11-12,15,17,19-20,25-26,30-34,50-52,63H,6,8,10,13-14,16,18H2,1-5H3,(H,40,54)(H,41,53)(H,42,47)(H,55,56)(H,58,59,60)/t20-,25-,26-,30-,31-,32+,33-,34-/m0/s1. The number of aryl methyl sites for hydroxylation is 2. The van der Waals surface area contributed by atoms with Crippen molar-refractivity contribution >= 4 is 69.9 Å². The third-order valence-corrected chi connectivity index (χ3v) is 11.2. The number of carboxylic acids is 1. The lowest BCUT2D eigenvalue weighted by molar-refractivity contribution is -0.228. The zero-order valence-corrected chi connectivity index (χ0v) is 37.2. The van der Waals surface area contributed by atoms with Gasteiger partial charge in [0.15, 0.2) is 6.10 Å². The Morgan fingerprint density at radius 3 is 2.22 bits per heavy atom. The fourth-order valence-corrected chi connectivity index (χ4v) is 7.24. The summed E-state index contributed by atoms with van der Waals surface area (Å²) in [5.74, 6) is -7.02. The number of carbonyl (C=O) groups excluding carboxylic acids is 6. The van der Waals surface area contributed by atoms with Crippen LogP contribution in [0, 0.1) is 5.92 Å². The Labute approximate surface area is 373 Å². The van der Waals surface area contributed by atoms with E-state index in [0.29, 0.717) is 11.1 Å². The summed E-state index contributed by atoms with van der Waals surface area (Å²) in [4.78, 5) is 90.8. The number of hydrogen-bond donors (Lipinski definition) is 9. The van der Waals surface area contributed by atoms with Crippen molar-refractivity contribution in [3.63, 3.8) is 0 Å². The van der Waals surface area contributed by atoms with Crippen molar-refractivity contribution in [2.45, 2.75) is 127 Å². The highest BCUT2D eigenvalue weighted by Gasteiger charge is 2.46. The first-order chi connectivity index (χ1) is 29.8. The number of hydrogen-bond acceptors (Lipinski definition) is 17. The molecule has 64 heavy (non-hydrogen) atoms. The second-order valence-corrected chi connectivity index (χ2v) is 18.9. The number of ether oxygens (including phenoxy) is 2. The summed E-state index contributed by atoms with van der Waals surface area (Å²) in [5, 5.41) is 56.1. The van der Waals surface area contributed by atoms with E-state index in [2.05, 4.69) is 38.9 Å². The number of thiol groups is 1. The molecule has 1 aromatic carbocycles. The van der Waals surface area contributed by atoms with Gasteiger partial charge in [0.05, 0.1) is 30.5 Å². The molecular formula is C39H53N7O16S2. The van der Waals surface area contributed by atoms with E-state index in [1.165, 1.54) is 43.8 Å². The van der Waals surface area contributed by atoms with Crippen molar-refractivity contribution in [1.82, 2.24) is 30.5 Å². The van der Waals surface area contributed by atoms with Crippen LogP contribution >= 0.6 is 12.6 Å². The molecule has 3 heterocycles. The highest BCUT2D eigenvalue weighted by atomic mass is 32.2. The zero-order valence-electron chi connectivity index (χ0n) is 35.5. The summed E-state index contributed by atoms with van der Waals surface area (Å²) in [7, 11) is -4.25. The van der Waals surface area contributed by atoms with Gasteiger partial charge in [-0.15, -0.1) is 5.10 Å². The number of amides is 5. The Kier molecular flexibility index (Phi) is 17.3. The van der Waals surface area contributed by atoms with Crippen molar-refractivity contribution in [3.05, 3.63) is 53.4 Å². The molecule has 4 rings (SSSR count). The molecule has 23 nitrogen and oxygen atoms in total. The first-order valence-electron chi connectivity index (χ1n) is 20.0. The molecule has 2 aliphatic heterocycles. The van der Waals surface area contributed by atoms with Crippen LogP contribution in [0.4, 0.5) is 5.69 Å². The number of carboxylic acid groups (broad SMARTS) is 1. The van der Waals surface area contributed by atoms with Crippen LogP contribution in [0.1, 0.15) is 76.7 Å². The lowest BCUT2D eigenvalue weighted by Gasteiger charge is -2.39.